The van der Waals surface area contributed by atoms with Crippen molar-refractivity contribution in [3.05, 3.63) is 0 Å². The maximum atomic E-state index is 8.49. The highest BCUT2D eigenvalue weighted by molar-refractivity contribution is 4.86. The molecule has 0 aliphatic heterocycles. The van der Waals surface area contributed by atoms with E-state index in [4.69, 9.17) is 10.00 Å². The number of rotatable bonds is 7. The first kappa shape index (κ1) is 10.5. The van der Waals surface area contributed by atoms with Gasteiger partial charge in [-0.05, 0) is 19.3 Å². The number of hydrogen-bond donors (Lipinski definition) is 0. The molecule has 0 spiro atoms. The molecule has 0 saturated heterocycles. The minimum atomic E-state index is 0.656. The summed E-state index contributed by atoms with van der Waals surface area (Å²) in [5.74, 6) is 0. The van der Waals surface area contributed by atoms with Crippen molar-refractivity contribution in [2.45, 2.75) is 31.7 Å². The summed E-state index contributed by atoms with van der Waals surface area (Å²) in [6, 6.07) is 2.97. The van der Waals surface area contributed by atoms with Gasteiger partial charge in [0.15, 0.2) is 0 Å². The fraction of sp³-hybridized carbons (Fsp3) is 0.900. The van der Waals surface area contributed by atoms with Crippen LogP contribution in [0.25, 0.3) is 0 Å². The molecule has 1 rings (SSSR count). The van der Waals surface area contributed by atoms with Crippen LogP contribution in [0.1, 0.15) is 25.7 Å². The van der Waals surface area contributed by atoms with Crippen LogP contribution in [-0.2, 0) is 4.74 Å². The van der Waals surface area contributed by atoms with Gasteiger partial charge >= 0.3 is 0 Å². The van der Waals surface area contributed by atoms with Crippen molar-refractivity contribution in [1.29, 1.82) is 5.26 Å². The monoisotopic (exact) mass is 182 g/mol. The standard InChI is InChI=1S/C10H18N2O/c1-13-9-3-8-12(7-2-6-11)10-4-5-10/h10H,2-5,7-9H2,1H3. The molecule has 13 heavy (non-hydrogen) atoms. The van der Waals surface area contributed by atoms with Crippen LogP contribution in [-0.4, -0.2) is 37.7 Å². The molecule has 3 nitrogen and oxygen atoms in total. The molecule has 1 aliphatic carbocycles. The van der Waals surface area contributed by atoms with Gasteiger partial charge in [-0.2, -0.15) is 5.26 Å². The van der Waals surface area contributed by atoms with Crippen LogP contribution >= 0.6 is 0 Å². The minimum absolute atomic E-state index is 0.656. The summed E-state index contributed by atoms with van der Waals surface area (Å²) in [5, 5.41) is 8.49. The Labute approximate surface area is 80.3 Å². The Bertz CT molecular complexity index is 172. The van der Waals surface area contributed by atoms with Crippen molar-refractivity contribution >= 4 is 0 Å². The third-order valence-corrected chi connectivity index (χ3v) is 2.37. The Morgan fingerprint density at radius 3 is 2.77 bits per heavy atom. The lowest BCUT2D eigenvalue weighted by Gasteiger charge is -2.19. The van der Waals surface area contributed by atoms with Crippen LogP contribution in [0.3, 0.4) is 0 Å². The molecular weight excluding hydrogens is 164 g/mol. The Kier molecular flexibility index (Phi) is 4.81. The molecule has 0 aromatic rings. The van der Waals surface area contributed by atoms with E-state index >= 15 is 0 Å². The van der Waals surface area contributed by atoms with E-state index < -0.39 is 0 Å². The normalized spacial score (nSPS) is 16.1. The third-order valence-electron chi connectivity index (χ3n) is 2.37. The number of methoxy groups -OCH3 is 1. The highest BCUT2D eigenvalue weighted by Gasteiger charge is 2.27. The molecule has 1 aliphatic rings. The minimum Gasteiger partial charge on any atom is -0.385 e. The maximum absolute atomic E-state index is 8.49. The fourth-order valence-corrected chi connectivity index (χ4v) is 1.52. The summed E-state index contributed by atoms with van der Waals surface area (Å²) in [7, 11) is 1.73. The molecule has 1 saturated carbocycles. The molecule has 0 bridgehead atoms. The smallest absolute Gasteiger partial charge is 0.0635 e. The van der Waals surface area contributed by atoms with Gasteiger partial charge in [-0.25, -0.2) is 0 Å². The zero-order valence-electron chi connectivity index (χ0n) is 8.33. The second-order valence-corrected chi connectivity index (χ2v) is 3.52. The first-order valence-corrected chi connectivity index (χ1v) is 4.98. The van der Waals surface area contributed by atoms with Gasteiger partial charge in [-0.3, -0.25) is 4.90 Å². The molecular formula is C10H18N2O. The lowest BCUT2D eigenvalue weighted by atomic mass is 10.3. The van der Waals surface area contributed by atoms with Crippen LogP contribution in [0.15, 0.2) is 0 Å². The Balaban J connectivity index is 2.10. The third kappa shape index (κ3) is 4.25. The van der Waals surface area contributed by atoms with Gasteiger partial charge in [0.05, 0.1) is 6.07 Å². The SMILES string of the molecule is COCCCN(CCC#N)C1CC1. The van der Waals surface area contributed by atoms with Gasteiger partial charge in [0, 0.05) is 39.3 Å². The van der Waals surface area contributed by atoms with Crippen molar-refractivity contribution in [1.82, 2.24) is 4.90 Å². The molecule has 1 fully saturated rings. The zero-order chi connectivity index (χ0) is 9.52. The van der Waals surface area contributed by atoms with E-state index in [1.807, 2.05) is 0 Å². The second kappa shape index (κ2) is 5.95. The fourth-order valence-electron chi connectivity index (χ4n) is 1.52. The molecule has 3 heteroatoms. The molecule has 74 valence electrons. The predicted molar refractivity (Wildman–Crippen MR) is 51.3 cm³/mol. The largest absolute Gasteiger partial charge is 0.385 e. The summed E-state index contributed by atoms with van der Waals surface area (Å²) in [5.41, 5.74) is 0. The van der Waals surface area contributed by atoms with Crippen molar-refractivity contribution < 1.29 is 4.74 Å². The maximum Gasteiger partial charge on any atom is 0.0635 e. The van der Waals surface area contributed by atoms with Crippen LogP contribution in [0, 0.1) is 11.3 Å². The summed E-state index contributed by atoms with van der Waals surface area (Å²) < 4.78 is 5.01. The Morgan fingerprint density at radius 1 is 1.46 bits per heavy atom. The van der Waals surface area contributed by atoms with E-state index in [-0.39, 0.29) is 0 Å². The molecule has 0 radical (unpaired) electrons. The second-order valence-electron chi connectivity index (χ2n) is 3.52. The molecule has 0 N–H and O–H groups in total. The number of nitriles is 1. The highest BCUT2D eigenvalue weighted by Crippen LogP contribution is 2.26. The van der Waals surface area contributed by atoms with Gasteiger partial charge < -0.3 is 4.74 Å². The van der Waals surface area contributed by atoms with Crippen molar-refractivity contribution in [2.24, 2.45) is 0 Å². The summed E-state index contributed by atoms with van der Waals surface area (Å²) in [6.45, 7) is 2.85. The van der Waals surface area contributed by atoms with Crippen molar-refractivity contribution in [3.8, 4) is 6.07 Å². The highest BCUT2D eigenvalue weighted by atomic mass is 16.5. The Hall–Kier alpha value is -0.590. The van der Waals surface area contributed by atoms with Crippen LogP contribution < -0.4 is 0 Å². The molecule has 0 amide bonds. The van der Waals surface area contributed by atoms with Gasteiger partial charge in [0.25, 0.3) is 0 Å². The Morgan fingerprint density at radius 2 is 2.23 bits per heavy atom. The van der Waals surface area contributed by atoms with Crippen LogP contribution in [0.2, 0.25) is 0 Å². The van der Waals surface area contributed by atoms with Gasteiger partial charge in [-0.15, -0.1) is 0 Å². The summed E-state index contributed by atoms with van der Waals surface area (Å²) >= 11 is 0. The number of nitrogens with zero attached hydrogens (tertiary/aromatic N) is 2. The van der Waals surface area contributed by atoms with E-state index in [1.165, 1.54) is 12.8 Å². The van der Waals surface area contributed by atoms with Gasteiger partial charge in [-0.1, -0.05) is 0 Å². The molecule has 0 aromatic carbocycles. The predicted octanol–water partition coefficient (Wildman–Crippen LogP) is 1.40. The van der Waals surface area contributed by atoms with Crippen molar-refractivity contribution in [3.63, 3.8) is 0 Å². The quantitative estimate of drug-likeness (QED) is 0.558. The molecule has 0 heterocycles. The first-order chi connectivity index (χ1) is 6.38. The van der Waals surface area contributed by atoms with E-state index in [1.54, 1.807) is 7.11 Å². The summed E-state index contributed by atoms with van der Waals surface area (Å²) in [6.07, 6.45) is 4.37. The van der Waals surface area contributed by atoms with E-state index in [0.717, 1.165) is 32.2 Å². The topological polar surface area (TPSA) is 36.3 Å². The van der Waals surface area contributed by atoms with E-state index in [9.17, 15) is 0 Å². The zero-order valence-corrected chi connectivity index (χ0v) is 8.33. The van der Waals surface area contributed by atoms with Crippen LogP contribution in [0.5, 0.6) is 0 Å². The molecule has 0 unspecified atom stereocenters. The molecule has 0 aromatic heterocycles. The summed E-state index contributed by atoms with van der Waals surface area (Å²) in [4.78, 5) is 2.42. The lowest BCUT2D eigenvalue weighted by molar-refractivity contribution is 0.170. The first-order valence-electron chi connectivity index (χ1n) is 4.98. The van der Waals surface area contributed by atoms with Crippen LogP contribution in [0.4, 0.5) is 0 Å². The van der Waals surface area contributed by atoms with E-state index in [2.05, 4.69) is 11.0 Å². The average molecular weight is 182 g/mol. The van der Waals surface area contributed by atoms with Crippen molar-refractivity contribution in [2.75, 3.05) is 26.8 Å². The lowest BCUT2D eigenvalue weighted by Crippen LogP contribution is -2.28. The van der Waals surface area contributed by atoms with Gasteiger partial charge in [0.1, 0.15) is 0 Å². The molecule has 0 atom stereocenters. The van der Waals surface area contributed by atoms with E-state index in [0.29, 0.717) is 6.42 Å². The number of hydrogen-bond acceptors (Lipinski definition) is 3. The number of ether oxygens (including phenoxy) is 1. The average Bonchev–Trinajstić information content (AvgIpc) is 2.94. The van der Waals surface area contributed by atoms with Gasteiger partial charge in [0.2, 0.25) is 0 Å².